The topological polar surface area (TPSA) is 44.8 Å². The normalized spacial score (nSPS) is 13.4. The molecule has 0 amide bonds. The van der Waals surface area contributed by atoms with Crippen molar-refractivity contribution < 1.29 is 19.0 Å². The van der Waals surface area contributed by atoms with Crippen LogP contribution in [-0.4, -0.2) is 31.9 Å². The molecule has 0 spiro atoms. The van der Waals surface area contributed by atoms with E-state index in [-0.39, 0.29) is 12.2 Å². The predicted octanol–water partition coefficient (Wildman–Crippen LogP) is 2.89. The van der Waals surface area contributed by atoms with Crippen LogP contribution in [0.4, 0.5) is 0 Å². The Bertz CT molecular complexity index is 481. The van der Waals surface area contributed by atoms with E-state index < -0.39 is 6.29 Å². The molecular formula is C15H19BrO4. The van der Waals surface area contributed by atoms with Crippen LogP contribution in [0, 0.1) is 0 Å². The highest BCUT2D eigenvalue weighted by Gasteiger charge is 2.24. The van der Waals surface area contributed by atoms with Gasteiger partial charge in [0.1, 0.15) is 5.75 Å². The molecule has 1 aromatic carbocycles. The van der Waals surface area contributed by atoms with Crippen molar-refractivity contribution >= 4 is 21.7 Å². The fourth-order valence-electron chi connectivity index (χ4n) is 2.29. The number of hydrogen-bond acceptors (Lipinski definition) is 4. The lowest BCUT2D eigenvalue weighted by Gasteiger charge is -2.16. The third-order valence-corrected chi connectivity index (χ3v) is 3.55. The first-order valence-electron chi connectivity index (χ1n) is 6.85. The highest BCUT2D eigenvalue weighted by molar-refractivity contribution is 9.10. The van der Waals surface area contributed by atoms with Crippen LogP contribution >= 0.6 is 15.9 Å². The quantitative estimate of drug-likeness (QED) is 0.714. The lowest BCUT2D eigenvalue weighted by atomic mass is 10.0. The van der Waals surface area contributed by atoms with Gasteiger partial charge >= 0.3 is 0 Å². The van der Waals surface area contributed by atoms with E-state index >= 15 is 0 Å². The van der Waals surface area contributed by atoms with Gasteiger partial charge in [0.15, 0.2) is 5.78 Å². The number of ether oxygens (including phenoxy) is 3. The minimum absolute atomic E-state index is 0.0792. The van der Waals surface area contributed by atoms with Crippen molar-refractivity contribution in [3.63, 3.8) is 0 Å². The Labute approximate surface area is 127 Å². The summed E-state index contributed by atoms with van der Waals surface area (Å²) in [4.78, 5) is 12.3. The average molecular weight is 343 g/mol. The van der Waals surface area contributed by atoms with Crippen molar-refractivity contribution in [2.75, 3.05) is 19.8 Å². The number of hydrogen-bond donors (Lipinski definition) is 0. The molecule has 110 valence electrons. The van der Waals surface area contributed by atoms with Gasteiger partial charge in [-0.1, -0.05) is 15.9 Å². The minimum atomic E-state index is -0.791. The molecule has 1 aliphatic heterocycles. The van der Waals surface area contributed by atoms with Crippen molar-refractivity contribution in [3.8, 4) is 5.75 Å². The van der Waals surface area contributed by atoms with E-state index in [2.05, 4.69) is 15.9 Å². The first kappa shape index (κ1) is 15.5. The van der Waals surface area contributed by atoms with Crippen LogP contribution in [0.25, 0.3) is 0 Å². The Morgan fingerprint density at radius 3 is 2.70 bits per heavy atom. The number of carbonyl (C=O) groups is 1. The molecule has 1 heterocycles. The fraction of sp³-hybridized carbons (Fsp3) is 0.533. The Morgan fingerprint density at radius 1 is 1.35 bits per heavy atom. The molecule has 0 fully saturated rings. The van der Waals surface area contributed by atoms with Crippen LogP contribution in [0.1, 0.15) is 25.0 Å². The van der Waals surface area contributed by atoms with Crippen molar-refractivity contribution in [1.82, 2.24) is 0 Å². The maximum atomic E-state index is 12.3. The summed E-state index contributed by atoms with van der Waals surface area (Å²) in [5.74, 6) is 0.762. The van der Waals surface area contributed by atoms with Gasteiger partial charge < -0.3 is 14.2 Å². The summed E-state index contributed by atoms with van der Waals surface area (Å²) in [6.07, 6.45) is 0.351. The number of rotatable bonds is 7. The number of carbonyl (C=O) groups excluding carboxylic acids is 1. The molecule has 0 saturated heterocycles. The largest absolute Gasteiger partial charge is 0.493 e. The second kappa shape index (κ2) is 7.20. The highest BCUT2D eigenvalue weighted by Crippen LogP contribution is 2.33. The van der Waals surface area contributed by atoms with Crippen LogP contribution in [0.3, 0.4) is 0 Å². The standard InChI is InChI=1S/C15H19BrO4/c1-3-18-15(19-4-2)13(17)9-11-8-12(16)7-10-5-6-20-14(10)11/h7-8,15H,3-6,9H2,1-2H3. The summed E-state index contributed by atoms with van der Waals surface area (Å²) in [6, 6.07) is 3.97. The SMILES string of the molecule is CCOC(OCC)C(=O)Cc1cc(Br)cc2c1OCC2. The third-order valence-electron chi connectivity index (χ3n) is 3.09. The Kier molecular flexibility index (Phi) is 5.57. The average Bonchev–Trinajstić information content (AvgIpc) is 2.86. The van der Waals surface area contributed by atoms with Gasteiger partial charge in [0.2, 0.25) is 6.29 Å². The van der Waals surface area contributed by atoms with E-state index in [1.165, 1.54) is 0 Å². The van der Waals surface area contributed by atoms with Crippen LogP contribution < -0.4 is 4.74 Å². The molecule has 0 unspecified atom stereocenters. The van der Waals surface area contributed by atoms with Gasteiger partial charge in [-0.05, 0) is 31.5 Å². The van der Waals surface area contributed by atoms with Crippen molar-refractivity contribution in [3.05, 3.63) is 27.7 Å². The van der Waals surface area contributed by atoms with E-state index in [0.717, 1.165) is 27.8 Å². The summed E-state index contributed by atoms with van der Waals surface area (Å²) in [6.45, 7) is 5.26. The zero-order chi connectivity index (χ0) is 14.5. The number of Topliss-reactive ketones (excluding diaryl/α,β-unsaturated/α-hetero) is 1. The summed E-state index contributed by atoms with van der Waals surface area (Å²) < 4.78 is 17.3. The molecule has 0 N–H and O–H groups in total. The molecule has 20 heavy (non-hydrogen) atoms. The smallest absolute Gasteiger partial charge is 0.218 e. The van der Waals surface area contributed by atoms with Gasteiger partial charge in [-0.3, -0.25) is 4.79 Å². The third kappa shape index (κ3) is 3.59. The summed E-state index contributed by atoms with van der Waals surface area (Å²) in [7, 11) is 0. The maximum absolute atomic E-state index is 12.3. The van der Waals surface area contributed by atoms with Crippen LogP contribution in [0.15, 0.2) is 16.6 Å². The Hall–Kier alpha value is -0.910. The van der Waals surface area contributed by atoms with Crippen LogP contribution in [-0.2, 0) is 27.1 Å². The molecule has 2 rings (SSSR count). The molecule has 4 nitrogen and oxygen atoms in total. The number of halogens is 1. The number of ketones is 1. The van der Waals surface area contributed by atoms with Crippen molar-refractivity contribution in [2.24, 2.45) is 0 Å². The molecule has 0 atom stereocenters. The molecule has 0 saturated carbocycles. The van der Waals surface area contributed by atoms with Crippen molar-refractivity contribution in [2.45, 2.75) is 33.0 Å². The van der Waals surface area contributed by atoms with Crippen molar-refractivity contribution in [1.29, 1.82) is 0 Å². The molecule has 5 heteroatoms. The molecule has 0 radical (unpaired) electrons. The second-order valence-electron chi connectivity index (χ2n) is 4.54. The maximum Gasteiger partial charge on any atom is 0.218 e. The zero-order valence-corrected chi connectivity index (χ0v) is 13.4. The van der Waals surface area contributed by atoms with E-state index in [4.69, 9.17) is 14.2 Å². The van der Waals surface area contributed by atoms with Gasteiger partial charge in [-0.25, -0.2) is 0 Å². The summed E-state index contributed by atoms with van der Waals surface area (Å²) >= 11 is 3.47. The lowest BCUT2D eigenvalue weighted by molar-refractivity contribution is -0.167. The van der Waals surface area contributed by atoms with Gasteiger partial charge in [-0.2, -0.15) is 0 Å². The fourth-order valence-corrected chi connectivity index (χ4v) is 2.84. The minimum Gasteiger partial charge on any atom is -0.493 e. The predicted molar refractivity (Wildman–Crippen MR) is 79.1 cm³/mol. The Morgan fingerprint density at radius 2 is 2.05 bits per heavy atom. The van der Waals surface area contributed by atoms with Crippen LogP contribution in [0.5, 0.6) is 5.75 Å². The van der Waals surface area contributed by atoms with Gasteiger partial charge in [0.05, 0.1) is 6.61 Å². The lowest BCUT2D eigenvalue weighted by Crippen LogP contribution is -2.29. The Balaban J connectivity index is 2.15. The molecule has 0 bridgehead atoms. The highest BCUT2D eigenvalue weighted by atomic mass is 79.9. The van der Waals surface area contributed by atoms with Gasteiger partial charge in [-0.15, -0.1) is 0 Å². The number of fused-ring (bicyclic) bond motifs is 1. The molecule has 0 aliphatic carbocycles. The van der Waals surface area contributed by atoms with E-state index in [1.807, 2.05) is 26.0 Å². The second-order valence-corrected chi connectivity index (χ2v) is 5.45. The molecule has 0 aromatic heterocycles. The van der Waals surface area contributed by atoms with E-state index in [1.54, 1.807) is 0 Å². The first-order chi connectivity index (χ1) is 9.65. The summed E-state index contributed by atoms with van der Waals surface area (Å²) in [5, 5.41) is 0. The molecule has 1 aliphatic rings. The molecular weight excluding hydrogens is 324 g/mol. The van der Waals surface area contributed by atoms with Gasteiger partial charge in [0.25, 0.3) is 0 Å². The monoisotopic (exact) mass is 342 g/mol. The van der Waals surface area contributed by atoms with Gasteiger partial charge in [0, 0.05) is 36.1 Å². The zero-order valence-electron chi connectivity index (χ0n) is 11.8. The molecule has 1 aromatic rings. The first-order valence-corrected chi connectivity index (χ1v) is 7.65. The number of benzene rings is 1. The van der Waals surface area contributed by atoms with Crippen LogP contribution in [0.2, 0.25) is 0 Å². The summed E-state index contributed by atoms with van der Waals surface area (Å²) in [5.41, 5.74) is 2.04. The van der Waals surface area contributed by atoms with E-state index in [0.29, 0.717) is 19.8 Å². The van der Waals surface area contributed by atoms with E-state index in [9.17, 15) is 4.79 Å².